The van der Waals surface area contributed by atoms with Gasteiger partial charge in [0.1, 0.15) is 6.04 Å². The Labute approximate surface area is 80.4 Å². The highest BCUT2D eigenvalue weighted by atomic mass is 32.1. The van der Waals surface area contributed by atoms with Gasteiger partial charge in [0.25, 0.3) is 0 Å². The van der Waals surface area contributed by atoms with E-state index in [9.17, 15) is 4.79 Å². The zero-order chi connectivity index (χ0) is 9.10. The maximum Gasteiger partial charge on any atom is 0.242 e. The van der Waals surface area contributed by atoms with Gasteiger partial charge in [-0.2, -0.15) is 0 Å². The third-order valence-electron chi connectivity index (χ3n) is 2.02. The summed E-state index contributed by atoms with van der Waals surface area (Å²) in [7, 11) is 0. The van der Waals surface area contributed by atoms with Crippen molar-refractivity contribution in [2.75, 3.05) is 11.9 Å². The molecule has 13 heavy (non-hydrogen) atoms. The average Bonchev–Trinajstić information content (AvgIpc) is 2.61. The summed E-state index contributed by atoms with van der Waals surface area (Å²) in [6.07, 6.45) is 3.66. The molecule has 1 unspecified atom stereocenters. The van der Waals surface area contributed by atoms with E-state index in [4.69, 9.17) is 0 Å². The molecule has 2 N–H and O–H groups in total. The largest absolute Gasteiger partial charge is 0.354 e. The molecular weight excluding hydrogens is 186 g/mol. The molecule has 1 saturated heterocycles. The van der Waals surface area contributed by atoms with Crippen LogP contribution in [0.2, 0.25) is 0 Å². The van der Waals surface area contributed by atoms with Gasteiger partial charge in [-0.3, -0.25) is 4.79 Å². The van der Waals surface area contributed by atoms with Crippen molar-refractivity contribution in [2.45, 2.75) is 18.9 Å². The van der Waals surface area contributed by atoms with E-state index in [0.29, 0.717) is 0 Å². The minimum absolute atomic E-state index is 0.0847. The predicted octanol–water partition coefficient (Wildman–Crippen LogP) is 0.834. The fourth-order valence-electron chi connectivity index (χ4n) is 1.35. The summed E-state index contributed by atoms with van der Waals surface area (Å²) < 4.78 is 0. The highest BCUT2D eigenvalue weighted by Crippen LogP contribution is 2.15. The van der Waals surface area contributed by atoms with Crippen LogP contribution in [0.1, 0.15) is 12.8 Å². The molecule has 5 heteroatoms. The Morgan fingerprint density at radius 1 is 1.69 bits per heavy atom. The highest BCUT2D eigenvalue weighted by Gasteiger charge is 2.21. The number of rotatable bonds is 2. The highest BCUT2D eigenvalue weighted by molar-refractivity contribution is 7.13. The first-order valence-electron chi connectivity index (χ1n) is 4.30. The number of hydrogen-bond donors (Lipinski definition) is 2. The number of hydrogen-bond acceptors (Lipinski definition) is 4. The van der Waals surface area contributed by atoms with Crippen LogP contribution in [0.5, 0.6) is 0 Å². The Morgan fingerprint density at radius 2 is 2.62 bits per heavy atom. The zero-order valence-electron chi connectivity index (χ0n) is 7.12. The standard InChI is InChI=1S/C8H11N3OS/c12-7-6(2-1-3-9-7)11-8-10-4-5-13-8/h4-6H,1-3H2,(H,9,12)(H,10,11). The summed E-state index contributed by atoms with van der Waals surface area (Å²) in [4.78, 5) is 15.4. The lowest BCUT2D eigenvalue weighted by atomic mass is 10.1. The van der Waals surface area contributed by atoms with Gasteiger partial charge in [-0.1, -0.05) is 0 Å². The first kappa shape index (κ1) is 8.50. The first-order chi connectivity index (χ1) is 6.36. The minimum Gasteiger partial charge on any atom is -0.354 e. The topological polar surface area (TPSA) is 54.0 Å². The number of nitrogens with one attached hydrogen (secondary N) is 2. The molecule has 0 saturated carbocycles. The van der Waals surface area contributed by atoms with Gasteiger partial charge in [-0.15, -0.1) is 11.3 Å². The van der Waals surface area contributed by atoms with Gasteiger partial charge in [-0.05, 0) is 12.8 Å². The number of carbonyl (C=O) groups excluding carboxylic acids is 1. The van der Waals surface area contributed by atoms with Crippen LogP contribution in [0, 0.1) is 0 Å². The van der Waals surface area contributed by atoms with Crippen LogP contribution < -0.4 is 10.6 Å². The SMILES string of the molecule is O=C1NCCCC1Nc1nccs1. The summed E-state index contributed by atoms with van der Waals surface area (Å²) in [6.45, 7) is 0.800. The molecule has 1 aliphatic heterocycles. The third-order valence-corrected chi connectivity index (χ3v) is 2.72. The van der Waals surface area contributed by atoms with Gasteiger partial charge in [0.05, 0.1) is 0 Å². The molecule has 1 aliphatic rings. The molecule has 0 bridgehead atoms. The van der Waals surface area contributed by atoms with Crippen LogP contribution in [-0.2, 0) is 4.79 Å². The van der Waals surface area contributed by atoms with E-state index in [1.54, 1.807) is 6.20 Å². The summed E-state index contributed by atoms with van der Waals surface area (Å²) in [6, 6.07) is -0.0973. The molecule has 1 amide bonds. The van der Waals surface area contributed by atoms with E-state index in [-0.39, 0.29) is 11.9 Å². The fourth-order valence-corrected chi connectivity index (χ4v) is 1.94. The second kappa shape index (κ2) is 3.74. The van der Waals surface area contributed by atoms with Gasteiger partial charge in [0, 0.05) is 18.1 Å². The maximum absolute atomic E-state index is 11.3. The van der Waals surface area contributed by atoms with Crippen LogP contribution in [0.4, 0.5) is 5.13 Å². The molecule has 0 spiro atoms. The number of thiazole rings is 1. The van der Waals surface area contributed by atoms with Crippen molar-refractivity contribution < 1.29 is 4.79 Å². The second-order valence-corrected chi connectivity index (χ2v) is 3.86. The Hall–Kier alpha value is -1.10. The normalized spacial score (nSPS) is 22.5. The van der Waals surface area contributed by atoms with Crippen molar-refractivity contribution in [3.63, 3.8) is 0 Å². The Kier molecular flexibility index (Phi) is 2.44. The first-order valence-corrected chi connectivity index (χ1v) is 5.18. The van der Waals surface area contributed by atoms with Crippen LogP contribution in [-0.4, -0.2) is 23.5 Å². The van der Waals surface area contributed by atoms with E-state index in [0.717, 1.165) is 24.5 Å². The number of amides is 1. The minimum atomic E-state index is -0.0973. The Bertz CT molecular complexity index is 286. The Balaban J connectivity index is 1.97. The lowest BCUT2D eigenvalue weighted by Gasteiger charge is -2.22. The van der Waals surface area contributed by atoms with E-state index in [1.807, 2.05) is 5.38 Å². The van der Waals surface area contributed by atoms with Crippen LogP contribution in [0.3, 0.4) is 0 Å². The number of anilines is 1. The molecule has 1 fully saturated rings. The van der Waals surface area contributed by atoms with E-state index < -0.39 is 0 Å². The van der Waals surface area contributed by atoms with Gasteiger partial charge in [0.15, 0.2) is 5.13 Å². The van der Waals surface area contributed by atoms with Crippen LogP contribution in [0.25, 0.3) is 0 Å². The third kappa shape index (κ3) is 1.98. The van der Waals surface area contributed by atoms with E-state index >= 15 is 0 Å². The van der Waals surface area contributed by atoms with E-state index in [1.165, 1.54) is 11.3 Å². The molecule has 2 rings (SSSR count). The van der Waals surface area contributed by atoms with Crippen molar-refractivity contribution in [3.05, 3.63) is 11.6 Å². The summed E-state index contributed by atoms with van der Waals surface area (Å²) in [5, 5.41) is 8.64. The maximum atomic E-state index is 11.3. The predicted molar refractivity (Wildman–Crippen MR) is 51.8 cm³/mol. The molecule has 70 valence electrons. The van der Waals surface area contributed by atoms with Crippen LogP contribution in [0.15, 0.2) is 11.6 Å². The van der Waals surface area contributed by atoms with E-state index in [2.05, 4.69) is 15.6 Å². The molecule has 0 aliphatic carbocycles. The lowest BCUT2D eigenvalue weighted by Crippen LogP contribution is -2.44. The molecule has 1 aromatic rings. The monoisotopic (exact) mass is 197 g/mol. The van der Waals surface area contributed by atoms with Gasteiger partial charge >= 0.3 is 0 Å². The van der Waals surface area contributed by atoms with Crippen molar-refractivity contribution >= 4 is 22.4 Å². The molecule has 1 aromatic heterocycles. The molecule has 1 atom stereocenters. The molecule has 2 heterocycles. The van der Waals surface area contributed by atoms with Crippen molar-refractivity contribution in [3.8, 4) is 0 Å². The van der Waals surface area contributed by atoms with Gasteiger partial charge < -0.3 is 10.6 Å². The summed E-state index contributed by atoms with van der Waals surface area (Å²) in [5.41, 5.74) is 0. The Morgan fingerprint density at radius 3 is 3.31 bits per heavy atom. The number of nitrogens with zero attached hydrogens (tertiary/aromatic N) is 1. The summed E-state index contributed by atoms with van der Waals surface area (Å²) >= 11 is 1.52. The summed E-state index contributed by atoms with van der Waals surface area (Å²) in [5.74, 6) is 0.0847. The average molecular weight is 197 g/mol. The quantitative estimate of drug-likeness (QED) is 0.738. The molecule has 0 aromatic carbocycles. The van der Waals surface area contributed by atoms with Crippen molar-refractivity contribution in [2.24, 2.45) is 0 Å². The number of aromatic nitrogens is 1. The molecule has 4 nitrogen and oxygen atoms in total. The smallest absolute Gasteiger partial charge is 0.242 e. The van der Waals surface area contributed by atoms with Crippen LogP contribution >= 0.6 is 11.3 Å². The van der Waals surface area contributed by atoms with Crippen molar-refractivity contribution in [1.29, 1.82) is 0 Å². The fraction of sp³-hybridized carbons (Fsp3) is 0.500. The number of carbonyl (C=O) groups is 1. The lowest BCUT2D eigenvalue weighted by molar-refractivity contribution is -0.123. The molecule has 0 radical (unpaired) electrons. The second-order valence-electron chi connectivity index (χ2n) is 2.97. The van der Waals surface area contributed by atoms with Crippen molar-refractivity contribution in [1.82, 2.24) is 10.3 Å². The van der Waals surface area contributed by atoms with Gasteiger partial charge in [0.2, 0.25) is 5.91 Å². The number of piperidine rings is 1. The molecular formula is C8H11N3OS. The van der Waals surface area contributed by atoms with Gasteiger partial charge in [-0.25, -0.2) is 4.98 Å². The zero-order valence-corrected chi connectivity index (χ0v) is 7.93.